The molecule has 2 rings (SSSR count). The average Bonchev–Trinajstić information content (AvgIpc) is 2.49. The topological polar surface area (TPSA) is 12.0 Å². The second-order valence-electron chi connectivity index (χ2n) is 6.72. The Morgan fingerprint density at radius 1 is 1.14 bits per heavy atom. The molecule has 1 N–H and O–H groups in total. The van der Waals surface area contributed by atoms with Crippen molar-refractivity contribution in [2.24, 2.45) is 5.92 Å². The van der Waals surface area contributed by atoms with E-state index < -0.39 is 0 Å². The lowest BCUT2D eigenvalue weighted by atomic mass is 9.71. The summed E-state index contributed by atoms with van der Waals surface area (Å²) >= 11 is 0. The molecule has 0 fully saturated rings. The summed E-state index contributed by atoms with van der Waals surface area (Å²) in [5.74, 6) is 1.65. The van der Waals surface area contributed by atoms with Gasteiger partial charge in [0.25, 0.3) is 0 Å². The zero-order valence-corrected chi connectivity index (χ0v) is 14.2. The maximum Gasteiger partial charge on any atom is 0.0142 e. The van der Waals surface area contributed by atoms with Gasteiger partial charge in [0.1, 0.15) is 0 Å². The van der Waals surface area contributed by atoms with Gasteiger partial charge in [-0.3, -0.25) is 0 Å². The summed E-state index contributed by atoms with van der Waals surface area (Å²) in [5.41, 5.74) is 3.18. The van der Waals surface area contributed by atoms with Crippen molar-refractivity contribution in [2.75, 3.05) is 6.54 Å². The number of hydrogen-bond acceptors (Lipinski definition) is 1. The van der Waals surface area contributed by atoms with E-state index in [-0.39, 0.29) is 0 Å². The summed E-state index contributed by atoms with van der Waals surface area (Å²) in [6.07, 6.45) is 9.33. The Hall–Kier alpha value is -0.820. The highest BCUT2D eigenvalue weighted by atomic mass is 14.9. The zero-order valence-electron chi connectivity index (χ0n) is 14.2. The molecular weight excluding hydrogens is 254 g/mol. The van der Waals surface area contributed by atoms with Crippen molar-refractivity contribution in [3.63, 3.8) is 0 Å². The van der Waals surface area contributed by atoms with Gasteiger partial charge in [0.2, 0.25) is 0 Å². The van der Waals surface area contributed by atoms with Gasteiger partial charge in [0, 0.05) is 12.0 Å². The van der Waals surface area contributed by atoms with E-state index in [1.165, 1.54) is 44.9 Å². The smallest absolute Gasteiger partial charge is 0.0142 e. The van der Waals surface area contributed by atoms with Gasteiger partial charge >= 0.3 is 0 Å². The lowest BCUT2D eigenvalue weighted by molar-refractivity contribution is 0.302. The van der Waals surface area contributed by atoms with Crippen LogP contribution in [0.3, 0.4) is 0 Å². The molecule has 1 aliphatic carbocycles. The highest BCUT2D eigenvalue weighted by Gasteiger charge is 2.33. The van der Waals surface area contributed by atoms with Crippen LogP contribution in [0.15, 0.2) is 24.3 Å². The Balaban J connectivity index is 1.98. The van der Waals surface area contributed by atoms with Crippen molar-refractivity contribution in [1.82, 2.24) is 5.32 Å². The van der Waals surface area contributed by atoms with E-state index in [9.17, 15) is 0 Å². The molecule has 0 saturated heterocycles. The minimum absolute atomic E-state index is 0.682. The number of fused-ring (bicyclic) bond motifs is 1. The Morgan fingerprint density at radius 2 is 1.95 bits per heavy atom. The van der Waals surface area contributed by atoms with Gasteiger partial charge in [-0.15, -0.1) is 0 Å². The summed E-state index contributed by atoms with van der Waals surface area (Å²) in [4.78, 5) is 0. The fourth-order valence-electron chi connectivity index (χ4n) is 3.72. The minimum Gasteiger partial charge on any atom is -0.313 e. The predicted molar refractivity (Wildman–Crippen MR) is 92.9 cm³/mol. The van der Waals surface area contributed by atoms with Gasteiger partial charge in [-0.05, 0) is 42.9 Å². The molecule has 1 heteroatoms. The third-order valence-electron chi connectivity index (χ3n) is 5.17. The summed E-state index contributed by atoms with van der Waals surface area (Å²) in [7, 11) is 0. The van der Waals surface area contributed by atoms with Crippen molar-refractivity contribution < 1.29 is 0 Å². The van der Waals surface area contributed by atoms with Gasteiger partial charge < -0.3 is 5.32 Å². The molecule has 0 saturated carbocycles. The second kappa shape index (κ2) is 8.58. The maximum atomic E-state index is 3.85. The fraction of sp³-hybridized carbons (Fsp3) is 0.700. The van der Waals surface area contributed by atoms with Gasteiger partial charge in [0.15, 0.2) is 0 Å². The average molecular weight is 287 g/mol. The number of unbranched alkanes of at least 4 members (excludes halogenated alkanes) is 1. The summed E-state index contributed by atoms with van der Waals surface area (Å²) in [6.45, 7) is 8.11. The first-order chi connectivity index (χ1) is 10.3. The highest BCUT2D eigenvalue weighted by Crippen LogP contribution is 2.39. The molecule has 0 spiro atoms. The molecule has 0 aliphatic heterocycles. The SMILES string of the molecule is CCCCC(CC)CC(NCCC)C1Cc2ccccc21. The van der Waals surface area contributed by atoms with Crippen molar-refractivity contribution in [1.29, 1.82) is 0 Å². The molecule has 0 heterocycles. The summed E-state index contributed by atoms with van der Waals surface area (Å²) in [6, 6.07) is 9.71. The highest BCUT2D eigenvalue weighted by molar-refractivity contribution is 5.41. The van der Waals surface area contributed by atoms with Crippen LogP contribution >= 0.6 is 0 Å². The van der Waals surface area contributed by atoms with Crippen LogP contribution in [0.4, 0.5) is 0 Å². The molecule has 0 amide bonds. The fourth-order valence-corrected chi connectivity index (χ4v) is 3.72. The Labute approximate surface area is 131 Å². The van der Waals surface area contributed by atoms with Crippen molar-refractivity contribution in [3.8, 4) is 0 Å². The third-order valence-corrected chi connectivity index (χ3v) is 5.17. The molecule has 1 aliphatic rings. The largest absolute Gasteiger partial charge is 0.313 e. The van der Waals surface area contributed by atoms with Crippen molar-refractivity contribution in [3.05, 3.63) is 35.4 Å². The molecule has 0 aromatic heterocycles. The molecule has 1 nitrogen and oxygen atoms in total. The molecule has 3 atom stereocenters. The van der Waals surface area contributed by atoms with E-state index in [1.54, 1.807) is 11.1 Å². The van der Waals surface area contributed by atoms with E-state index in [1.807, 2.05) is 0 Å². The first-order valence-corrected chi connectivity index (χ1v) is 9.11. The van der Waals surface area contributed by atoms with E-state index in [0.29, 0.717) is 6.04 Å². The number of hydrogen-bond donors (Lipinski definition) is 1. The van der Waals surface area contributed by atoms with Gasteiger partial charge in [-0.2, -0.15) is 0 Å². The zero-order chi connectivity index (χ0) is 15.1. The lowest BCUT2D eigenvalue weighted by Crippen LogP contribution is -2.41. The number of benzene rings is 1. The Morgan fingerprint density at radius 3 is 2.62 bits per heavy atom. The molecule has 0 radical (unpaired) electrons. The summed E-state index contributed by atoms with van der Waals surface area (Å²) < 4.78 is 0. The van der Waals surface area contributed by atoms with Crippen LogP contribution in [0.25, 0.3) is 0 Å². The quantitative estimate of drug-likeness (QED) is 0.615. The molecular formula is C20H33N. The lowest BCUT2D eigenvalue weighted by Gasteiger charge is -2.38. The normalized spacial score (nSPS) is 19.7. The van der Waals surface area contributed by atoms with E-state index in [0.717, 1.165) is 18.4 Å². The second-order valence-corrected chi connectivity index (χ2v) is 6.72. The third kappa shape index (κ3) is 4.32. The molecule has 21 heavy (non-hydrogen) atoms. The van der Waals surface area contributed by atoms with Crippen LogP contribution in [-0.4, -0.2) is 12.6 Å². The van der Waals surface area contributed by atoms with Gasteiger partial charge in [0.05, 0.1) is 0 Å². The van der Waals surface area contributed by atoms with Crippen LogP contribution in [0, 0.1) is 5.92 Å². The molecule has 1 aromatic rings. The molecule has 118 valence electrons. The van der Waals surface area contributed by atoms with Gasteiger partial charge in [-0.1, -0.05) is 70.7 Å². The van der Waals surface area contributed by atoms with Crippen molar-refractivity contribution in [2.45, 2.75) is 77.7 Å². The van der Waals surface area contributed by atoms with Gasteiger partial charge in [-0.25, -0.2) is 0 Å². The monoisotopic (exact) mass is 287 g/mol. The molecule has 0 bridgehead atoms. The van der Waals surface area contributed by atoms with Crippen LogP contribution in [0.1, 0.15) is 76.3 Å². The Kier molecular flexibility index (Phi) is 6.76. The predicted octanol–water partition coefficient (Wildman–Crippen LogP) is 5.30. The Bertz CT molecular complexity index is 412. The van der Waals surface area contributed by atoms with E-state index in [2.05, 4.69) is 50.4 Å². The number of rotatable bonds is 10. The molecule has 3 unspecified atom stereocenters. The maximum absolute atomic E-state index is 3.85. The first-order valence-electron chi connectivity index (χ1n) is 9.11. The number of nitrogens with one attached hydrogen (secondary N) is 1. The van der Waals surface area contributed by atoms with Crippen LogP contribution in [0.2, 0.25) is 0 Å². The summed E-state index contributed by atoms with van der Waals surface area (Å²) in [5, 5.41) is 3.85. The van der Waals surface area contributed by atoms with Crippen LogP contribution in [-0.2, 0) is 6.42 Å². The van der Waals surface area contributed by atoms with E-state index >= 15 is 0 Å². The van der Waals surface area contributed by atoms with Crippen molar-refractivity contribution >= 4 is 0 Å². The van der Waals surface area contributed by atoms with E-state index in [4.69, 9.17) is 0 Å². The van der Waals surface area contributed by atoms with Crippen LogP contribution in [0.5, 0.6) is 0 Å². The van der Waals surface area contributed by atoms with Crippen LogP contribution < -0.4 is 5.32 Å². The standard InChI is InChI=1S/C20H33N/c1-4-7-10-16(6-3)14-20(21-13-5-2)19-15-17-11-8-9-12-18(17)19/h8-9,11-12,16,19-21H,4-7,10,13-15H2,1-3H3. The minimum atomic E-state index is 0.682. The molecule has 1 aromatic carbocycles. The first kappa shape index (κ1) is 16.5.